The van der Waals surface area contributed by atoms with E-state index in [1.54, 1.807) is 66.7 Å². The maximum Gasteiger partial charge on any atom is 0.251 e. The lowest BCUT2D eigenvalue weighted by Gasteiger charge is -2.17. The Morgan fingerprint density at radius 2 is 1.81 bits per heavy atom. The van der Waals surface area contributed by atoms with Gasteiger partial charge in [-0.1, -0.05) is 41.9 Å². The van der Waals surface area contributed by atoms with Crippen LogP contribution >= 0.6 is 22.9 Å². The molecule has 2 aromatic carbocycles. The summed E-state index contributed by atoms with van der Waals surface area (Å²) in [6.45, 7) is -0.0247. The highest BCUT2D eigenvalue weighted by molar-refractivity contribution is 7.91. The SMILES string of the molecule is O=C(NCC(c1cccs1)S(=O)(=O)c1ccccc1)c1cccc(Cl)c1. The molecule has 0 radical (unpaired) electrons. The quantitative estimate of drug-likeness (QED) is 0.663. The number of sulfone groups is 1. The zero-order valence-corrected chi connectivity index (χ0v) is 16.0. The molecular formula is C19H16ClNO3S2. The van der Waals surface area contributed by atoms with Gasteiger partial charge in [0.25, 0.3) is 5.91 Å². The zero-order valence-electron chi connectivity index (χ0n) is 13.6. The number of amides is 1. The van der Waals surface area contributed by atoms with E-state index in [1.165, 1.54) is 11.3 Å². The smallest absolute Gasteiger partial charge is 0.251 e. The Balaban J connectivity index is 1.85. The minimum absolute atomic E-state index is 0.0247. The van der Waals surface area contributed by atoms with Crippen LogP contribution in [0.1, 0.15) is 20.5 Å². The van der Waals surface area contributed by atoms with Crippen LogP contribution in [0.15, 0.2) is 77.0 Å². The monoisotopic (exact) mass is 405 g/mol. The lowest BCUT2D eigenvalue weighted by molar-refractivity contribution is 0.0953. The fourth-order valence-electron chi connectivity index (χ4n) is 2.53. The molecule has 0 aliphatic carbocycles. The summed E-state index contributed by atoms with van der Waals surface area (Å²) in [6.07, 6.45) is 0. The molecular weight excluding hydrogens is 390 g/mol. The molecule has 4 nitrogen and oxygen atoms in total. The first kappa shape index (κ1) is 18.6. The Morgan fingerprint density at radius 3 is 2.46 bits per heavy atom. The predicted molar refractivity (Wildman–Crippen MR) is 104 cm³/mol. The normalized spacial score (nSPS) is 12.5. The molecule has 1 amide bonds. The molecule has 0 spiro atoms. The first-order valence-electron chi connectivity index (χ1n) is 7.84. The second-order valence-corrected chi connectivity index (χ2v) is 9.13. The molecule has 1 heterocycles. The molecule has 3 rings (SSSR count). The molecule has 1 N–H and O–H groups in total. The summed E-state index contributed by atoms with van der Waals surface area (Å²) in [4.78, 5) is 13.3. The van der Waals surface area contributed by atoms with Gasteiger partial charge in [-0.05, 0) is 41.8 Å². The third-order valence-electron chi connectivity index (χ3n) is 3.84. The van der Waals surface area contributed by atoms with Crippen molar-refractivity contribution in [2.75, 3.05) is 6.54 Å². The Labute approximate surface area is 161 Å². The van der Waals surface area contributed by atoms with Crippen molar-refractivity contribution in [2.24, 2.45) is 0 Å². The fraction of sp³-hybridized carbons (Fsp3) is 0.105. The molecule has 0 aliphatic heterocycles. The number of halogens is 1. The highest BCUT2D eigenvalue weighted by atomic mass is 35.5. The Kier molecular flexibility index (Phi) is 5.76. The number of benzene rings is 2. The third-order valence-corrected chi connectivity index (χ3v) is 7.31. The predicted octanol–water partition coefficient (Wildman–Crippen LogP) is 4.35. The van der Waals surface area contributed by atoms with Gasteiger partial charge in [0.05, 0.1) is 4.90 Å². The van der Waals surface area contributed by atoms with Crippen molar-refractivity contribution in [1.82, 2.24) is 5.32 Å². The minimum atomic E-state index is -3.64. The number of carbonyl (C=O) groups excluding carboxylic acids is 1. The van der Waals surface area contributed by atoms with E-state index in [1.807, 2.05) is 5.38 Å². The van der Waals surface area contributed by atoms with Crippen molar-refractivity contribution in [1.29, 1.82) is 0 Å². The van der Waals surface area contributed by atoms with Crippen LogP contribution in [0.4, 0.5) is 0 Å². The van der Waals surface area contributed by atoms with Gasteiger partial charge in [-0.15, -0.1) is 11.3 Å². The summed E-state index contributed by atoms with van der Waals surface area (Å²) < 4.78 is 26.1. The van der Waals surface area contributed by atoms with E-state index in [0.717, 1.165) is 0 Å². The van der Waals surface area contributed by atoms with Crippen LogP contribution in [-0.4, -0.2) is 20.9 Å². The second-order valence-electron chi connectivity index (χ2n) is 5.58. The number of hydrogen-bond acceptors (Lipinski definition) is 4. The second kappa shape index (κ2) is 8.03. The van der Waals surface area contributed by atoms with E-state index in [2.05, 4.69) is 5.32 Å². The molecule has 26 heavy (non-hydrogen) atoms. The maximum atomic E-state index is 13.1. The number of rotatable bonds is 6. The average molecular weight is 406 g/mol. The van der Waals surface area contributed by atoms with Crippen LogP contribution in [0.25, 0.3) is 0 Å². The van der Waals surface area contributed by atoms with Crippen LogP contribution in [0.3, 0.4) is 0 Å². The molecule has 1 unspecified atom stereocenters. The molecule has 1 aromatic heterocycles. The van der Waals surface area contributed by atoms with Gasteiger partial charge in [0.2, 0.25) is 0 Å². The average Bonchev–Trinajstić information content (AvgIpc) is 3.16. The van der Waals surface area contributed by atoms with Crippen molar-refractivity contribution in [3.8, 4) is 0 Å². The van der Waals surface area contributed by atoms with Crippen molar-refractivity contribution < 1.29 is 13.2 Å². The minimum Gasteiger partial charge on any atom is -0.350 e. The highest BCUT2D eigenvalue weighted by Crippen LogP contribution is 2.31. The number of carbonyl (C=O) groups is 1. The van der Waals surface area contributed by atoms with Gasteiger partial charge in [-0.2, -0.15) is 0 Å². The van der Waals surface area contributed by atoms with Gasteiger partial charge in [0.15, 0.2) is 9.84 Å². The van der Waals surface area contributed by atoms with Gasteiger partial charge >= 0.3 is 0 Å². The summed E-state index contributed by atoms with van der Waals surface area (Å²) in [6, 6.07) is 18.3. The molecule has 0 fully saturated rings. The van der Waals surface area contributed by atoms with Gasteiger partial charge in [0.1, 0.15) is 5.25 Å². The van der Waals surface area contributed by atoms with Gasteiger partial charge in [-0.25, -0.2) is 8.42 Å². The van der Waals surface area contributed by atoms with Gasteiger partial charge in [-0.3, -0.25) is 4.79 Å². The standard InChI is InChI=1S/C19H16ClNO3S2/c20-15-7-4-6-14(12-15)19(22)21-13-18(17-10-5-11-25-17)26(23,24)16-8-2-1-3-9-16/h1-12,18H,13H2,(H,21,22). The van der Waals surface area contributed by atoms with Crippen LogP contribution in [0.2, 0.25) is 5.02 Å². The summed E-state index contributed by atoms with van der Waals surface area (Å²) in [7, 11) is -3.64. The van der Waals surface area contributed by atoms with E-state index < -0.39 is 15.1 Å². The number of hydrogen-bond donors (Lipinski definition) is 1. The molecule has 0 aliphatic rings. The molecule has 134 valence electrons. The van der Waals surface area contributed by atoms with E-state index in [-0.39, 0.29) is 17.3 Å². The summed E-state index contributed by atoms with van der Waals surface area (Å²) in [5.41, 5.74) is 0.388. The van der Waals surface area contributed by atoms with Crippen LogP contribution < -0.4 is 5.32 Å². The van der Waals surface area contributed by atoms with E-state index in [0.29, 0.717) is 15.5 Å². The molecule has 0 saturated carbocycles. The highest BCUT2D eigenvalue weighted by Gasteiger charge is 2.30. The first-order valence-corrected chi connectivity index (χ1v) is 10.6. The largest absolute Gasteiger partial charge is 0.350 e. The van der Waals surface area contributed by atoms with E-state index >= 15 is 0 Å². The summed E-state index contributed by atoms with van der Waals surface area (Å²) in [5.74, 6) is -0.364. The maximum absolute atomic E-state index is 13.1. The number of thiophene rings is 1. The van der Waals surface area contributed by atoms with Crippen molar-refractivity contribution >= 4 is 38.7 Å². The molecule has 3 aromatic rings. The van der Waals surface area contributed by atoms with Crippen LogP contribution in [0, 0.1) is 0 Å². The fourth-order valence-corrected chi connectivity index (χ4v) is 5.52. The first-order chi connectivity index (χ1) is 12.5. The van der Waals surface area contributed by atoms with Crippen molar-refractivity contribution in [3.63, 3.8) is 0 Å². The molecule has 1 atom stereocenters. The van der Waals surface area contributed by atoms with Crippen molar-refractivity contribution in [3.05, 3.63) is 87.6 Å². The lowest BCUT2D eigenvalue weighted by Crippen LogP contribution is -2.31. The Hall–Kier alpha value is -2.15. The Morgan fingerprint density at radius 1 is 1.04 bits per heavy atom. The molecule has 7 heteroatoms. The third kappa shape index (κ3) is 4.15. The number of nitrogens with one attached hydrogen (secondary N) is 1. The van der Waals surface area contributed by atoms with E-state index in [9.17, 15) is 13.2 Å². The van der Waals surface area contributed by atoms with Crippen LogP contribution in [0.5, 0.6) is 0 Å². The zero-order chi connectivity index (χ0) is 18.6. The van der Waals surface area contributed by atoms with Gasteiger partial charge in [0, 0.05) is 22.0 Å². The van der Waals surface area contributed by atoms with Crippen molar-refractivity contribution in [2.45, 2.75) is 10.1 Å². The van der Waals surface area contributed by atoms with Gasteiger partial charge < -0.3 is 5.32 Å². The lowest BCUT2D eigenvalue weighted by atomic mass is 10.2. The molecule has 0 bridgehead atoms. The summed E-state index contributed by atoms with van der Waals surface area (Å²) in [5, 5.41) is 4.14. The topological polar surface area (TPSA) is 63.2 Å². The van der Waals surface area contributed by atoms with Crippen LogP contribution in [-0.2, 0) is 9.84 Å². The molecule has 0 saturated heterocycles. The van der Waals surface area contributed by atoms with E-state index in [4.69, 9.17) is 11.6 Å². The summed E-state index contributed by atoms with van der Waals surface area (Å²) >= 11 is 7.26. The Bertz CT molecular complexity index is 987.